The Labute approximate surface area is 268 Å². The molecule has 0 amide bonds. The van der Waals surface area contributed by atoms with Crippen LogP contribution < -0.4 is 31.4 Å². The van der Waals surface area contributed by atoms with Gasteiger partial charge in [0.05, 0.1) is 0 Å². The molecule has 5 heteroatoms. The van der Waals surface area contributed by atoms with Crippen molar-refractivity contribution < 1.29 is 27.3 Å². The maximum atomic E-state index is 12.5. The molecule has 0 aromatic heterocycles. The van der Waals surface area contributed by atoms with Gasteiger partial charge in [-0.05, 0) is 60.5 Å². The first-order valence-corrected chi connectivity index (χ1v) is 17.0. The second kappa shape index (κ2) is 16.8. The zero-order valence-corrected chi connectivity index (χ0v) is 26.5. The van der Waals surface area contributed by atoms with Crippen molar-refractivity contribution in [1.82, 2.24) is 0 Å². The van der Waals surface area contributed by atoms with Crippen LogP contribution in [0.15, 0.2) is 193 Å². The molecule has 4 aromatic carbocycles. The molecule has 214 valence electrons. The largest absolute Gasteiger partial charge is 2.00 e. The quantitative estimate of drug-likeness (QED) is 0.141. The third kappa shape index (κ3) is 9.14. The minimum Gasteiger partial charge on any atom is -0.875 e. The van der Waals surface area contributed by atoms with Crippen LogP contribution in [0.25, 0.3) is 0 Å². The molecule has 0 fully saturated rings. The molecular formula is C38H32FeO2P2. The minimum atomic E-state index is -0.645. The molecule has 0 bridgehead atoms. The van der Waals surface area contributed by atoms with E-state index < -0.39 is 15.8 Å². The van der Waals surface area contributed by atoms with Crippen molar-refractivity contribution in [2.45, 2.75) is 0 Å². The van der Waals surface area contributed by atoms with Gasteiger partial charge in [-0.15, -0.1) is 11.5 Å². The Bertz CT molecular complexity index is 1390. The summed E-state index contributed by atoms with van der Waals surface area (Å²) in [6, 6.07) is 41.4. The molecule has 6 rings (SSSR count). The Morgan fingerprint density at radius 2 is 0.628 bits per heavy atom. The Morgan fingerprint density at radius 3 is 0.860 bits per heavy atom. The summed E-state index contributed by atoms with van der Waals surface area (Å²) in [5.74, 6) is 0.442. The van der Waals surface area contributed by atoms with E-state index in [0.717, 1.165) is 11.1 Å². The fourth-order valence-corrected chi connectivity index (χ4v) is 9.08. The van der Waals surface area contributed by atoms with E-state index in [0.29, 0.717) is 12.3 Å². The summed E-state index contributed by atoms with van der Waals surface area (Å²) in [6.07, 6.45) is 16.4. The third-order valence-corrected chi connectivity index (χ3v) is 11.7. The average Bonchev–Trinajstić information content (AvgIpc) is 3.80. The summed E-state index contributed by atoms with van der Waals surface area (Å²) in [5, 5.41) is 30.0. The van der Waals surface area contributed by atoms with Crippen LogP contribution in [0.2, 0.25) is 0 Å². The van der Waals surface area contributed by atoms with Crippen LogP contribution in [-0.2, 0) is 17.1 Å². The maximum Gasteiger partial charge on any atom is 2.00 e. The first-order chi connectivity index (χ1) is 20.7. The van der Waals surface area contributed by atoms with E-state index in [9.17, 15) is 10.2 Å². The summed E-state index contributed by atoms with van der Waals surface area (Å²) in [6.45, 7) is 0. The first-order valence-electron chi connectivity index (χ1n) is 13.9. The second-order valence-corrected chi connectivity index (χ2v) is 14.1. The Morgan fingerprint density at radius 1 is 0.395 bits per heavy atom. The van der Waals surface area contributed by atoms with Crippen molar-refractivity contribution >= 4 is 37.1 Å². The van der Waals surface area contributed by atoms with Gasteiger partial charge in [-0.3, -0.25) is 0 Å². The van der Waals surface area contributed by atoms with E-state index in [4.69, 9.17) is 0 Å². The van der Waals surface area contributed by atoms with Gasteiger partial charge in [0.2, 0.25) is 0 Å². The van der Waals surface area contributed by atoms with E-state index in [1.54, 1.807) is 0 Å². The molecular weight excluding hydrogens is 606 g/mol. The third-order valence-electron chi connectivity index (χ3n) is 6.84. The van der Waals surface area contributed by atoms with E-state index >= 15 is 0 Å². The molecule has 2 nitrogen and oxygen atoms in total. The van der Waals surface area contributed by atoms with E-state index in [-0.39, 0.29) is 28.6 Å². The topological polar surface area (TPSA) is 46.1 Å². The summed E-state index contributed by atoms with van der Waals surface area (Å²) in [4.78, 5) is 0. The molecule has 0 heterocycles. The summed E-state index contributed by atoms with van der Waals surface area (Å²) < 4.78 is 0. The summed E-state index contributed by atoms with van der Waals surface area (Å²) in [7, 11) is -1.29. The Balaban J connectivity index is 0.000000192. The van der Waals surface area contributed by atoms with Crippen LogP contribution in [0.5, 0.6) is 0 Å². The van der Waals surface area contributed by atoms with Crippen LogP contribution in [0.4, 0.5) is 0 Å². The van der Waals surface area contributed by atoms with Gasteiger partial charge >= 0.3 is 17.1 Å². The van der Waals surface area contributed by atoms with Gasteiger partial charge in [-0.25, -0.2) is 0 Å². The molecule has 0 saturated heterocycles. The summed E-state index contributed by atoms with van der Waals surface area (Å²) in [5.41, 5.74) is 1.63. The van der Waals surface area contributed by atoms with Gasteiger partial charge in [0, 0.05) is 0 Å². The molecule has 4 aromatic rings. The molecule has 0 N–H and O–H groups in total. The number of rotatable bonds is 8. The standard InChI is InChI=1S/2C19H17OP.Fe/c2*20-19(16-9-7-8-10-16)15-21(17-11-3-1-4-12-17)18-13-5-2-6-14-18;/h2*1-14,20H,15H2;/q;;+2/p-2. The SMILES string of the molecule is [Fe+2].[O-]C(CP(c1ccccc1)c1ccccc1)=C1C=CC=C1.[O-]C(CP(c1ccccc1)c1ccccc1)=C1C=CC=C1. The van der Waals surface area contributed by atoms with Gasteiger partial charge < -0.3 is 10.2 Å². The predicted octanol–water partition coefficient (Wildman–Crippen LogP) is 5.72. The second-order valence-electron chi connectivity index (χ2n) is 9.71. The van der Waals surface area contributed by atoms with Gasteiger partial charge in [0.25, 0.3) is 0 Å². The fourth-order valence-electron chi connectivity index (χ4n) is 4.68. The van der Waals surface area contributed by atoms with Crippen molar-refractivity contribution in [2.24, 2.45) is 0 Å². The molecule has 0 radical (unpaired) electrons. The Hall–Kier alpha value is -3.70. The van der Waals surface area contributed by atoms with Gasteiger partial charge in [0.15, 0.2) is 0 Å². The van der Waals surface area contributed by atoms with Crippen LogP contribution in [0.1, 0.15) is 0 Å². The van der Waals surface area contributed by atoms with Crippen molar-refractivity contribution in [2.75, 3.05) is 12.3 Å². The number of allylic oxidation sites excluding steroid dienone is 12. The molecule has 0 atom stereocenters. The molecule has 43 heavy (non-hydrogen) atoms. The van der Waals surface area contributed by atoms with Crippen molar-refractivity contribution in [1.29, 1.82) is 0 Å². The predicted molar refractivity (Wildman–Crippen MR) is 178 cm³/mol. The van der Waals surface area contributed by atoms with E-state index in [1.807, 2.05) is 121 Å². The van der Waals surface area contributed by atoms with Gasteiger partial charge in [0.1, 0.15) is 0 Å². The molecule has 2 aliphatic carbocycles. The molecule has 0 aliphatic heterocycles. The maximum absolute atomic E-state index is 12.5. The van der Waals surface area contributed by atoms with Gasteiger partial charge in [-0.2, -0.15) is 0 Å². The van der Waals surface area contributed by atoms with Crippen LogP contribution in [-0.4, -0.2) is 12.3 Å². The number of hydrogen-bond donors (Lipinski definition) is 0. The van der Waals surface area contributed by atoms with Crippen LogP contribution in [0.3, 0.4) is 0 Å². The smallest absolute Gasteiger partial charge is 0.875 e. The summed E-state index contributed by atoms with van der Waals surface area (Å²) >= 11 is 0. The molecule has 0 saturated carbocycles. The molecule has 0 spiro atoms. The monoisotopic (exact) mass is 638 g/mol. The zero-order valence-electron chi connectivity index (χ0n) is 23.6. The zero-order chi connectivity index (χ0) is 29.0. The van der Waals surface area contributed by atoms with Crippen molar-refractivity contribution in [3.05, 3.63) is 193 Å². The van der Waals surface area contributed by atoms with Gasteiger partial charge in [-0.1, -0.05) is 170 Å². The van der Waals surface area contributed by atoms with Crippen molar-refractivity contribution in [3.63, 3.8) is 0 Å². The number of benzene rings is 4. The fraction of sp³-hybridized carbons (Fsp3) is 0.0526. The number of hydrogen-bond acceptors (Lipinski definition) is 2. The van der Waals surface area contributed by atoms with Crippen molar-refractivity contribution in [3.8, 4) is 0 Å². The van der Waals surface area contributed by atoms with E-state index in [2.05, 4.69) is 48.5 Å². The molecule has 0 unspecified atom stereocenters. The van der Waals surface area contributed by atoms with E-state index in [1.165, 1.54) is 21.2 Å². The van der Waals surface area contributed by atoms with Crippen LogP contribution >= 0.6 is 15.8 Å². The van der Waals surface area contributed by atoms with Crippen LogP contribution in [0, 0.1) is 0 Å². The minimum absolute atomic E-state index is 0. The normalized spacial score (nSPS) is 12.8. The first kappa shape index (κ1) is 32.2. The Kier molecular flexibility index (Phi) is 12.6. The average molecular weight is 638 g/mol. The molecule has 2 aliphatic rings.